The van der Waals surface area contributed by atoms with E-state index >= 15 is 0 Å². The zero-order valence-electron chi connectivity index (χ0n) is 21.0. The van der Waals surface area contributed by atoms with Crippen LogP contribution in [0.25, 0.3) is 16.9 Å². The molecule has 1 amide bonds. The Bertz CT molecular complexity index is 1460. The number of hydrogen-bond acceptors (Lipinski definition) is 5. The minimum atomic E-state index is -3.90. The Hall–Kier alpha value is -2.83. The Morgan fingerprint density at radius 1 is 1.11 bits per heavy atom. The van der Waals surface area contributed by atoms with Crippen molar-refractivity contribution in [2.24, 2.45) is 0 Å². The fourth-order valence-electron chi connectivity index (χ4n) is 3.39. The number of nitrogens with one attached hydrogen (secondary N) is 1. The van der Waals surface area contributed by atoms with E-state index < -0.39 is 21.3 Å². The summed E-state index contributed by atoms with van der Waals surface area (Å²) < 4.78 is 27.4. The van der Waals surface area contributed by atoms with Gasteiger partial charge in [0.15, 0.2) is 15.5 Å². The van der Waals surface area contributed by atoms with Crippen molar-refractivity contribution in [1.29, 1.82) is 0 Å². The van der Waals surface area contributed by atoms with Crippen molar-refractivity contribution in [1.82, 2.24) is 20.0 Å². The van der Waals surface area contributed by atoms with Crippen LogP contribution in [0.1, 0.15) is 36.8 Å². The lowest BCUT2D eigenvalue weighted by Crippen LogP contribution is -2.41. The van der Waals surface area contributed by atoms with Crippen LogP contribution < -0.4 is 5.32 Å². The zero-order valence-corrected chi connectivity index (χ0v) is 23.3. The van der Waals surface area contributed by atoms with Gasteiger partial charge in [-0.1, -0.05) is 47.2 Å². The predicted octanol–water partition coefficient (Wildman–Crippen LogP) is 4.69. The minimum Gasteiger partial charge on any atom is -0.346 e. The molecule has 0 bridgehead atoms. The monoisotopic (exact) mass is 546 g/mol. The van der Waals surface area contributed by atoms with Gasteiger partial charge in [-0.2, -0.15) is 5.10 Å². The molecular formula is C26H28Cl2N4O3S. The average Bonchev–Trinajstić information content (AvgIpc) is 3.14. The molecule has 0 aliphatic carbocycles. The van der Waals surface area contributed by atoms with Gasteiger partial charge in [-0.15, -0.1) is 0 Å². The molecule has 0 radical (unpaired) electrons. The summed E-state index contributed by atoms with van der Waals surface area (Å²) in [7, 11) is -0.0503. The minimum absolute atomic E-state index is 0.197. The standard InChI is InChI=1S/C26H28Cl2N4O3S/c1-26(2,3)29-25(33)22-24(36(6,34)35)23(18-10-12-19(27)13-11-18)32(30-22)21-14-9-17(16-20(21)28)8-7-15-31(4)5/h9-14,16H,15H2,1-6H3,(H,29,33). The van der Waals surface area contributed by atoms with Gasteiger partial charge in [0, 0.05) is 27.9 Å². The van der Waals surface area contributed by atoms with Gasteiger partial charge >= 0.3 is 0 Å². The molecule has 1 heterocycles. The van der Waals surface area contributed by atoms with Crippen molar-refractivity contribution in [2.45, 2.75) is 31.2 Å². The van der Waals surface area contributed by atoms with Crippen LogP contribution >= 0.6 is 23.2 Å². The molecule has 3 rings (SSSR count). The average molecular weight is 548 g/mol. The summed E-state index contributed by atoms with van der Waals surface area (Å²) >= 11 is 12.7. The van der Waals surface area contributed by atoms with Gasteiger partial charge in [-0.3, -0.25) is 9.69 Å². The van der Waals surface area contributed by atoms with Crippen LogP contribution in [0, 0.1) is 11.8 Å². The molecule has 10 heteroatoms. The second-order valence-electron chi connectivity index (χ2n) is 9.63. The summed E-state index contributed by atoms with van der Waals surface area (Å²) in [5.41, 5.74) is 0.984. The molecule has 0 unspecified atom stereocenters. The first-order chi connectivity index (χ1) is 16.7. The molecule has 190 valence electrons. The van der Waals surface area contributed by atoms with Crippen molar-refractivity contribution in [3.8, 4) is 28.8 Å². The Morgan fingerprint density at radius 2 is 1.75 bits per heavy atom. The fraction of sp³-hybridized carbons (Fsp3) is 0.308. The van der Waals surface area contributed by atoms with E-state index in [0.717, 1.165) is 6.26 Å². The van der Waals surface area contributed by atoms with E-state index in [-0.39, 0.29) is 16.3 Å². The van der Waals surface area contributed by atoms with Crippen LogP contribution in [0.4, 0.5) is 0 Å². The van der Waals surface area contributed by atoms with Crippen LogP contribution in [-0.4, -0.2) is 61.4 Å². The smallest absolute Gasteiger partial charge is 0.273 e. The first kappa shape index (κ1) is 27.8. The van der Waals surface area contributed by atoms with E-state index in [1.165, 1.54) is 4.68 Å². The summed E-state index contributed by atoms with van der Waals surface area (Å²) in [5, 5.41) is 8.05. The van der Waals surface area contributed by atoms with Gasteiger partial charge in [0.05, 0.1) is 22.9 Å². The van der Waals surface area contributed by atoms with E-state index in [2.05, 4.69) is 22.3 Å². The Kier molecular flexibility index (Phi) is 8.21. The highest BCUT2D eigenvalue weighted by molar-refractivity contribution is 7.91. The van der Waals surface area contributed by atoms with Crippen LogP contribution in [0.15, 0.2) is 47.4 Å². The number of nitrogens with zero attached hydrogens (tertiary/aromatic N) is 3. The quantitative estimate of drug-likeness (QED) is 0.469. The van der Waals surface area contributed by atoms with Gasteiger partial charge in [-0.05, 0) is 65.2 Å². The second-order valence-corrected chi connectivity index (χ2v) is 12.4. The molecule has 0 atom stereocenters. The molecule has 3 aromatic rings. The van der Waals surface area contributed by atoms with Gasteiger partial charge in [0.2, 0.25) is 0 Å². The van der Waals surface area contributed by atoms with Crippen molar-refractivity contribution in [3.05, 3.63) is 63.8 Å². The summed E-state index contributed by atoms with van der Waals surface area (Å²) in [4.78, 5) is 14.9. The molecule has 1 N–H and O–H groups in total. The summed E-state index contributed by atoms with van der Waals surface area (Å²) in [6.07, 6.45) is 1.05. The van der Waals surface area contributed by atoms with Crippen LogP contribution in [0.5, 0.6) is 0 Å². The summed E-state index contributed by atoms with van der Waals surface area (Å²) in [6.45, 7) is 5.99. The summed E-state index contributed by atoms with van der Waals surface area (Å²) in [5.74, 6) is 5.49. The number of hydrogen-bond donors (Lipinski definition) is 1. The van der Waals surface area contributed by atoms with Gasteiger partial charge < -0.3 is 5.32 Å². The second kappa shape index (κ2) is 10.7. The molecule has 1 aromatic heterocycles. The zero-order chi connectivity index (χ0) is 26.8. The third-order valence-electron chi connectivity index (χ3n) is 4.84. The van der Waals surface area contributed by atoms with Crippen molar-refractivity contribution >= 4 is 38.9 Å². The molecular weight excluding hydrogens is 519 g/mol. The highest BCUT2D eigenvalue weighted by Crippen LogP contribution is 2.35. The third kappa shape index (κ3) is 6.68. The lowest BCUT2D eigenvalue weighted by Gasteiger charge is -2.19. The molecule has 36 heavy (non-hydrogen) atoms. The number of sulfone groups is 1. The van der Waals surface area contributed by atoms with E-state index in [1.807, 2.05) is 19.0 Å². The Labute approximate surface area is 222 Å². The SMILES string of the molecule is CN(C)CC#Cc1ccc(-n2nc(C(=O)NC(C)(C)C)c(S(C)(=O)=O)c2-c2ccc(Cl)cc2)c(Cl)c1. The number of benzene rings is 2. The number of rotatable bonds is 5. The maximum Gasteiger partial charge on any atom is 0.273 e. The lowest BCUT2D eigenvalue weighted by molar-refractivity contribution is 0.0910. The molecule has 0 spiro atoms. The number of halogens is 2. The van der Waals surface area contributed by atoms with Gasteiger partial charge in [0.25, 0.3) is 5.91 Å². The number of aromatic nitrogens is 2. The molecule has 0 fully saturated rings. The highest BCUT2D eigenvalue weighted by atomic mass is 35.5. The number of carbonyl (C=O) groups excluding carboxylic acids is 1. The molecule has 0 saturated heterocycles. The van der Waals surface area contributed by atoms with Gasteiger partial charge in [0.1, 0.15) is 4.90 Å². The maximum atomic E-state index is 13.2. The van der Waals surface area contributed by atoms with E-state index in [4.69, 9.17) is 23.2 Å². The van der Waals surface area contributed by atoms with E-state index in [0.29, 0.717) is 33.4 Å². The number of carbonyl (C=O) groups is 1. The Balaban J connectivity index is 2.30. The molecule has 0 saturated carbocycles. The van der Waals surface area contributed by atoms with E-state index in [1.54, 1.807) is 63.2 Å². The van der Waals surface area contributed by atoms with Crippen LogP contribution in [0.2, 0.25) is 10.0 Å². The van der Waals surface area contributed by atoms with Crippen molar-refractivity contribution < 1.29 is 13.2 Å². The number of amides is 1. The van der Waals surface area contributed by atoms with Crippen molar-refractivity contribution in [2.75, 3.05) is 26.9 Å². The fourth-order valence-corrected chi connectivity index (χ4v) is 4.82. The first-order valence-electron chi connectivity index (χ1n) is 11.0. The van der Waals surface area contributed by atoms with Gasteiger partial charge in [-0.25, -0.2) is 13.1 Å². The lowest BCUT2D eigenvalue weighted by atomic mass is 10.1. The maximum absolute atomic E-state index is 13.2. The largest absolute Gasteiger partial charge is 0.346 e. The van der Waals surface area contributed by atoms with Crippen molar-refractivity contribution in [3.63, 3.8) is 0 Å². The third-order valence-corrected chi connectivity index (χ3v) is 6.52. The first-order valence-corrected chi connectivity index (χ1v) is 13.7. The molecule has 2 aromatic carbocycles. The summed E-state index contributed by atoms with van der Waals surface area (Å²) in [6, 6.07) is 11.8. The molecule has 0 aliphatic heterocycles. The normalized spacial score (nSPS) is 11.8. The highest BCUT2D eigenvalue weighted by Gasteiger charge is 2.32. The predicted molar refractivity (Wildman–Crippen MR) is 145 cm³/mol. The topological polar surface area (TPSA) is 84.3 Å². The molecule has 7 nitrogen and oxygen atoms in total. The van der Waals surface area contributed by atoms with E-state index in [9.17, 15) is 13.2 Å². The Morgan fingerprint density at radius 3 is 2.28 bits per heavy atom. The van der Waals surface area contributed by atoms with Crippen LogP contribution in [-0.2, 0) is 9.84 Å². The molecule has 0 aliphatic rings. The van der Waals surface area contributed by atoms with Crippen LogP contribution in [0.3, 0.4) is 0 Å².